The lowest BCUT2D eigenvalue weighted by atomic mass is 9.92. The predicted octanol–water partition coefficient (Wildman–Crippen LogP) is 2.97. The summed E-state index contributed by atoms with van der Waals surface area (Å²) in [6.07, 6.45) is 2.81. The first-order valence-corrected chi connectivity index (χ1v) is 7.64. The average Bonchev–Trinajstić information content (AvgIpc) is 2.87. The van der Waals surface area contributed by atoms with Gasteiger partial charge in [0.25, 0.3) is 5.56 Å². The number of benzene rings is 1. The molecular weight excluding hydrogens is 264 g/mol. The van der Waals surface area contributed by atoms with E-state index < -0.39 is 0 Å². The molecule has 0 radical (unpaired) electrons. The molecule has 21 heavy (non-hydrogen) atoms. The highest BCUT2D eigenvalue weighted by atomic mass is 16.5. The van der Waals surface area contributed by atoms with Gasteiger partial charge in [0.15, 0.2) is 0 Å². The predicted molar refractivity (Wildman–Crippen MR) is 82.3 cm³/mol. The highest BCUT2D eigenvalue weighted by molar-refractivity contribution is 5.24. The summed E-state index contributed by atoms with van der Waals surface area (Å²) in [7, 11) is 0. The van der Waals surface area contributed by atoms with Crippen molar-refractivity contribution in [2.45, 2.75) is 45.3 Å². The first kappa shape index (κ1) is 14.1. The molecule has 0 saturated carbocycles. The van der Waals surface area contributed by atoms with Gasteiger partial charge >= 0.3 is 0 Å². The van der Waals surface area contributed by atoms with Crippen molar-refractivity contribution in [2.75, 3.05) is 0 Å². The largest absolute Gasteiger partial charge is 0.369 e. The molecule has 4 nitrogen and oxygen atoms in total. The van der Waals surface area contributed by atoms with Gasteiger partial charge in [-0.25, -0.2) is 0 Å². The fraction of sp³-hybridized carbons (Fsp3) is 0.471. The summed E-state index contributed by atoms with van der Waals surface area (Å²) >= 11 is 0. The molecule has 3 rings (SSSR count). The second kappa shape index (κ2) is 5.90. The van der Waals surface area contributed by atoms with Crippen molar-refractivity contribution >= 4 is 0 Å². The van der Waals surface area contributed by atoms with E-state index in [9.17, 15) is 4.79 Å². The lowest BCUT2D eigenvalue weighted by Gasteiger charge is -2.31. The van der Waals surface area contributed by atoms with Crippen molar-refractivity contribution in [1.29, 1.82) is 0 Å². The molecule has 0 aliphatic carbocycles. The van der Waals surface area contributed by atoms with Gasteiger partial charge in [-0.05, 0) is 24.3 Å². The Hall–Kier alpha value is -1.81. The second-order valence-electron chi connectivity index (χ2n) is 6.12. The molecule has 2 atom stereocenters. The van der Waals surface area contributed by atoms with Gasteiger partial charge in [0.1, 0.15) is 0 Å². The zero-order valence-electron chi connectivity index (χ0n) is 12.6. The number of aryl methyl sites for hydroxylation is 1. The molecule has 0 saturated heterocycles. The fourth-order valence-electron chi connectivity index (χ4n) is 3.05. The van der Waals surface area contributed by atoms with Crippen LogP contribution in [-0.2, 0) is 17.6 Å². The normalized spacial score (nSPS) is 21.5. The average molecular weight is 286 g/mol. The topological polar surface area (TPSA) is 57.9 Å². The monoisotopic (exact) mass is 286 g/mol. The fourth-order valence-corrected chi connectivity index (χ4v) is 3.05. The van der Waals surface area contributed by atoms with Crippen LogP contribution in [0.4, 0.5) is 0 Å². The van der Waals surface area contributed by atoms with E-state index in [4.69, 9.17) is 4.74 Å². The molecule has 0 spiro atoms. The summed E-state index contributed by atoms with van der Waals surface area (Å²) in [4.78, 5) is 11.9. The van der Waals surface area contributed by atoms with Crippen molar-refractivity contribution < 1.29 is 4.74 Å². The second-order valence-corrected chi connectivity index (χ2v) is 6.12. The number of fused-ring (bicyclic) bond motifs is 1. The van der Waals surface area contributed by atoms with Crippen molar-refractivity contribution in [1.82, 2.24) is 10.2 Å². The first-order valence-electron chi connectivity index (χ1n) is 7.64. The van der Waals surface area contributed by atoms with Gasteiger partial charge in [-0.1, -0.05) is 44.2 Å². The molecule has 0 amide bonds. The Balaban J connectivity index is 1.73. The maximum Gasteiger partial charge on any atom is 0.270 e. The molecule has 1 aliphatic heterocycles. The standard InChI is InChI=1S/C17H22N2O2/c1-11(2)16-15-14(18-19-17(15)20)10-13(21-16)9-8-12-6-4-3-5-7-12/h3-7,11,13,16H,8-10H2,1-2H3,(H2,18,19,20). The van der Waals surface area contributed by atoms with Crippen LogP contribution in [-0.4, -0.2) is 16.3 Å². The third-order valence-electron chi connectivity index (χ3n) is 4.16. The van der Waals surface area contributed by atoms with Crippen molar-refractivity contribution in [3.8, 4) is 0 Å². The van der Waals surface area contributed by atoms with Crippen LogP contribution in [0.3, 0.4) is 0 Å². The summed E-state index contributed by atoms with van der Waals surface area (Å²) in [6, 6.07) is 10.5. The minimum Gasteiger partial charge on any atom is -0.369 e. The number of nitrogens with one attached hydrogen (secondary N) is 2. The van der Waals surface area contributed by atoms with Crippen LogP contribution in [0.5, 0.6) is 0 Å². The van der Waals surface area contributed by atoms with Crippen LogP contribution in [0.2, 0.25) is 0 Å². The molecule has 112 valence electrons. The molecular formula is C17H22N2O2. The van der Waals surface area contributed by atoms with Crippen LogP contribution in [0.15, 0.2) is 35.1 Å². The van der Waals surface area contributed by atoms with Crippen LogP contribution in [0.1, 0.15) is 43.2 Å². The van der Waals surface area contributed by atoms with Gasteiger partial charge in [-0.15, -0.1) is 0 Å². The molecule has 2 aromatic rings. The minimum atomic E-state index is -0.107. The molecule has 4 heteroatoms. The van der Waals surface area contributed by atoms with E-state index in [2.05, 4.69) is 48.3 Å². The van der Waals surface area contributed by atoms with E-state index in [1.54, 1.807) is 0 Å². The van der Waals surface area contributed by atoms with Gasteiger partial charge in [0.2, 0.25) is 0 Å². The third kappa shape index (κ3) is 2.95. The first-order chi connectivity index (χ1) is 10.1. The maximum atomic E-state index is 11.9. The van der Waals surface area contributed by atoms with E-state index in [1.165, 1.54) is 5.56 Å². The number of H-pyrrole nitrogens is 2. The third-order valence-corrected chi connectivity index (χ3v) is 4.16. The highest BCUT2D eigenvalue weighted by Gasteiger charge is 2.32. The Kier molecular flexibility index (Phi) is 3.97. The lowest BCUT2D eigenvalue weighted by Crippen LogP contribution is -2.31. The highest BCUT2D eigenvalue weighted by Crippen LogP contribution is 2.33. The van der Waals surface area contributed by atoms with Crippen molar-refractivity contribution in [2.24, 2.45) is 5.92 Å². The molecule has 2 N–H and O–H groups in total. The Bertz CT molecular complexity index is 642. The Labute approximate surface area is 124 Å². The van der Waals surface area contributed by atoms with Gasteiger partial charge in [-0.3, -0.25) is 9.89 Å². The summed E-state index contributed by atoms with van der Waals surface area (Å²) < 4.78 is 6.20. The van der Waals surface area contributed by atoms with Crippen LogP contribution in [0, 0.1) is 5.92 Å². The summed E-state index contributed by atoms with van der Waals surface area (Å²) in [5, 5.41) is 5.72. The van der Waals surface area contributed by atoms with Crippen LogP contribution >= 0.6 is 0 Å². The number of aromatic amines is 2. The zero-order valence-corrected chi connectivity index (χ0v) is 12.6. The maximum absolute atomic E-state index is 11.9. The molecule has 2 heterocycles. The SMILES string of the molecule is CC(C)C1OC(CCc2ccccc2)Cc2[nH][nH]c(=O)c21. The number of hydrogen-bond donors (Lipinski definition) is 2. The molecule has 1 aromatic heterocycles. The smallest absolute Gasteiger partial charge is 0.270 e. The number of aromatic nitrogens is 2. The number of rotatable bonds is 4. The van der Waals surface area contributed by atoms with Crippen LogP contribution in [0.25, 0.3) is 0 Å². The summed E-state index contributed by atoms with van der Waals surface area (Å²) in [6.45, 7) is 4.20. The summed E-state index contributed by atoms with van der Waals surface area (Å²) in [5.41, 5.74) is 3.10. The van der Waals surface area contributed by atoms with E-state index in [0.29, 0.717) is 5.92 Å². The van der Waals surface area contributed by atoms with Crippen molar-refractivity contribution in [3.63, 3.8) is 0 Å². The Morgan fingerprint density at radius 2 is 2.00 bits per heavy atom. The Morgan fingerprint density at radius 3 is 2.71 bits per heavy atom. The van der Waals surface area contributed by atoms with Gasteiger partial charge < -0.3 is 9.84 Å². The van der Waals surface area contributed by atoms with Crippen LogP contribution < -0.4 is 5.56 Å². The van der Waals surface area contributed by atoms with E-state index in [-0.39, 0.29) is 17.8 Å². The quantitative estimate of drug-likeness (QED) is 0.907. The number of ether oxygens (including phenoxy) is 1. The number of hydrogen-bond acceptors (Lipinski definition) is 2. The molecule has 0 fully saturated rings. The van der Waals surface area contributed by atoms with E-state index in [0.717, 1.165) is 30.5 Å². The molecule has 2 unspecified atom stereocenters. The van der Waals surface area contributed by atoms with Crippen molar-refractivity contribution in [3.05, 3.63) is 57.5 Å². The molecule has 1 aliphatic rings. The van der Waals surface area contributed by atoms with Gasteiger partial charge in [-0.2, -0.15) is 0 Å². The van der Waals surface area contributed by atoms with Gasteiger partial charge in [0.05, 0.1) is 17.8 Å². The Morgan fingerprint density at radius 1 is 1.24 bits per heavy atom. The van der Waals surface area contributed by atoms with E-state index in [1.807, 2.05) is 6.07 Å². The van der Waals surface area contributed by atoms with E-state index >= 15 is 0 Å². The molecule has 1 aromatic carbocycles. The molecule has 0 bridgehead atoms. The summed E-state index contributed by atoms with van der Waals surface area (Å²) in [5.74, 6) is 0.292. The lowest BCUT2D eigenvalue weighted by molar-refractivity contribution is -0.0532. The minimum absolute atomic E-state index is 0.0368. The zero-order chi connectivity index (χ0) is 14.8. The van der Waals surface area contributed by atoms with Gasteiger partial charge in [0, 0.05) is 12.1 Å².